The lowest BCUT2D eigenvalue weighted by molar-refractivity contribution is -0.121. The molecule has 1 fully saturated rings. The summed E-state index contributed by atoms with van der Waals surface area (Å²) in [5.74, 6) is -0.136. The highest BCUT2D eigenvalue weighted by Crippen LogP contribution is 2.25. The van der Waals surface area contributed by atoms with E-state index in [4.69, 9.17) is 15.4 Å². The monoisotopic (exact) mass is 323 g/mol. The molecule has 1 saturated heterocycles. The molecule has 19 heavy (non-hydrogen) atoms. The summed E-state index contributed by atoms with van der Waals surface area (Å²) < 4.78 is 27.6. The second-order valence-electron chi connectivity index (χ2n) is 4.37. The van der Waals surface area contributed by atoms with E-state index in [1.54, 1.807) is 6.07 Å². The number of rotatable bonds is 4. The maximum atomic E-state index is 11.8. The first-order chi connectivity index (χ1) is 8.86. The molecule has 0 aliphatic carbocycles. The summed E-state index contributed by atoms with van der Waals surface area (Å²) in [6.45, 7) is 2.57. The first kappa shape index (κ1) is 14.8. The Kier molecular flexibility index (Phi) is 4.50. The van der Waals surface area contributed by atoms with Gasteiger partial charge in [0.2, 0.25) is 5.91 Å². The number of thiophene rings is 1. The summed E-state index contributed by atoms with van der Waals surface area (Å²) in [6.07, 6.45) is 0.977. The normalized spacial score (nSPS) is 23.5. The molecule has 1 aromatic heterocycles. The molecule has 5 nitrogen and oxygen atoms in total. The molecule has 2 unspecified atom stereocenters. The quantitative estimate of drug-likeness (QED) is 0.853. The molecule has 1 aliphatic heterocycles. The molecule has 106 valence electrons. The number of hydrogen-bond acceptors (Lipinski definition) is 5. The van der Waals surface area contributed by atoms with Crippen molar-refractivity contribution in [1.82, 2.24) is 5.32 Å². The lowest BCUT2D eigenvalue weighted by atomic mass is 10.1. The van der Waals surface area contributed by atoms with E-state index in [2.05, 4.69) is 5.32 Å². The van der Waals surface area contributed by atoms with Gasteiger partial charge in [-0.2, -0.15) is 0 Å². The predicted octanol–water partition coefficient (Wildman–Crippen LogP) is 1.51. The average molecular weight is 324 g/mol. The van der Waals surface area contributed by atoms with Crippen molar-refractivity contribution in [3.05, 3.63) is 17.0 Å². The minimum absolute atomic E-state index is 0.0195. The molecule has 1 aromatic rings. The molecule has 0 saturated carbocycles. The Labute approximate surface area is 120 Å². The second-order valence-corrected chi connectivity index (χ2v) is 8.34. The first-order valence-electron chi connectivity index (χ1n) is 5.80. The molecular weight excluding hydrogens is 310 g/mol. The lowest BCUT2D eigenvalue weighted by Crippen LogP contribution is -2.39. The molecule has 0 aromatic carbocycles. The van der Waals surface area contributed by atoms with Gasteiger partial charge in [0.05, 0.1) is 18.6 Å². The van der Waals surface area contributed by atoms with E-state index >= 15 is 0 Å². The van der Waals surface area contributed by atoms with E-state index < -0.39 is 9.05 Å². The van der Waals surface area contributed by atoms with Gasteiger partial charge in [-0.1, -0.05) is 0 Å². The van der Waals surface area contributed by atoms with Gasteiger partial charge in [0.25, 0.3) is 9.05 Å². The van der Waals surface area contributed by atoms with Crippen molar-refractivity contribution in [2.45, 2.75) is 36.1 Å². The topological polar surface area (TPSA) is 72.5 Å². The van der Waals surface area contributed by atoms with Gasteiger partial charge in [-0.25, -0.2) is 8.42 Å². The van der Waals surface area contributed by atoms with Gasteiger partial charge < -0.3 is 10.1 Å². The Hall–Kier alpha value is -0.630. The number of nitrogens with one attached hydrogen (secondary N) is 1. The standard InChI is InChI=1S/C11H14ClNO4S2/c1-7-9(4-5-17-7)13-10(14)6-8-2-3-11(18-8)19(12,15)16/h2-3,7,9H,4-6H2,1H3,(H,13,14). The Morgan fingerprint density at radius 1 is 1.58 bits per heavy atom. The third-order valence-corrected chi connectivity index (χ3v) is 6.11. The van der Waals surface area contributed by atoms with Crippen LogP contribution in [0.5, 0.6) is 0 Å². The molecule has 8 heteroatoms. The van der Waals surface area contributed by atoms with Crippen LogP contribution in [0.25, 0.3) is 0 Å². The number of halogens is 1. The third-order valence-electron chi connectivity index (χ3n) is 2.93. The molecule has 0 spiro atoms. The van der Waals surface area contributed by atoms with Crippen LogP contribution < -0.4 is 5.32 Å². The summed E-state index contributed by atoms with van der Waals surface area (Å²) >= 11 is 1.01. The molecular formula is C11H14ClNO4S2. The summed E-state index contributed by atoms with van der Waals surface area (Å²) in [4.78, 5) is 12.5. The van der Waals surface area contributed by atoms with Crippen molar-refractivity contribution in [2.75, 3.05) is 6.61 Å². The SMILES string of the molecule is CC1OCCC1NC(=O)Cc1ccc(S(=O)(=O)Cl)s1. The van der Waals surface area contributed by atoms with Gasteiger partial charge in [0.15, 0.2) is 0 Å². The van der Waals surface area contributed by atoms with Crippen molar-refractivity contribution in [1.29, 1.82) is 0 Å². The smallest absolute Gasteiger partial charge is 0.270 e. The maximum Gasteiger partial charge on any atom is 0.270 e. The van der Waals surface area contributed by atoms with E-state index in [9.17, 15) is 13.2 Å². The number of carbonyl (C=O) groups is 1. The summed E-state index contributed by atoms with van der Waals surface area (Å²) in [7, 11) is 1.52. The fourth-order valence-electron chi connectivity index (χ4n) is 1.92. The molecule has 2 atom stereocenters. The molecule has 0 bridgehead atoms. The zero-order valence-corrected chi connectivity index (χ0v) is 12.6. The number of carbonyl (C=O) groups excluding carboxylic acids is 1. The number of ether oxygens (including phenoxy) is 1. The highest BCUT2D eigenvalue weighted by Gasteiger charge is 2.25. The molecule has 1 amide bonds. The summed E-state index contributed by atoms with van der Waals surface area (Å²) in [5.41, 5.74) is 0. The van der Waals surface area contributed by atoms with Gasteiger partial charge in [0.1, 0.15) is 4.21 Å². The van der Waals surface area contributed by atoms with Crippen molar-refractivity contribution < 1.29 is 17.9 Å². The Morgan fingerprint density at radius 2 is 2.32 bits per heavy atom. The van der Waals surface area contributed by atoms with Crippen LogP contribution in [0, 0.1) is 0 Å². The predicted molar refractivity (Wildman–Crippen MR) is 73.0 cm³/mol. The molecule has 2 heterocycles. The van der Waals surface area contributed by atoms with Crippen LogP contribution in [0.4, 0.5) is 0 Å². The van der Waals surface area contributed by atoms with Gasteiger partial charge in [0, 0.05) is 22.2 Å². The van der Waals surface area contributed by atoms with Gasteiger partial charge >= 0.3 is 0 Å². The number of hydrogen-bond donors (Lipinski definition) is 1. The average Bonchev–Trinajstić information content (AvgIpc) is 2.88. The molecule has 1 N–H and O–H groups in total. The van der Waals surface area contributed by atoms with Crippen molar-refractivity contribution in [2.24, 2.45) is 0 Å². The van der Waals surface area contributed by atoms with Crippen LogP contribution in [0.2, 0.25) is 0 Å². The fraction of sp³-hybridized carbons (Fsp3) is 0.545. The van der Waals surface area contributed by atoms with E-state index in [0.717, 1.165) is 17.8 Å². The van der Waals surface area contributed by atoms with E-state index in [0.29, 0.717) is 11.5 Å². The zero-order valence-electron chi connectivity index (χ0n) is 10.3. The van der Waals surface area contributed by atoms with E-state index in [1.807, 2.05) is 6.92 Å². The Bertz CT molecular complexity index is 569. The Balaban J connectivity index is 1.94. The highest BCUT2D eigenvalue weighted by molar-refractivity contribution is 8.15. The summed E-state index contributed by atoms with van der Waals surface area (Å²) in [6, 6.07) is 3.05. The highest BCUT2D eigenvalue weighted by atomic mass is 35.7. The molecule has 2 rings (SSSR count). The van der Waals surface area contributed by atoms with Crippen LogP contribution in [-0.4, -0.2) is 33.1 Å². The maximum absolute atomic E-state index is 11.8. The van der Waals surface area contributed by atoms with Crippen molar-refractivity contribution >= 4 is 37.0 Å². The van der Waals surface area contributed by atoms with Crippen molar-refractivity contribution in [3.63, 3.8) is 0 Å². The molecule has 0 radical (unpaired) electrons. The molecule has 1 aliphatic rings. The van der Waals surface area contributed by atoms with E-state index in [-0.39, 0.29) is 28.7 Å². The largest absolute Gasteiger partial charge is 0.376 e. The van der Waals surface area contributed by atoms with Gasteiger partial charge in [-0.15, -0.1) is 11.3 Å². The minimum Gasteiger partial charge on any atom is -0.376 e. The Morgan fingerprint density at radius 3 is 2.84 bits per heavy atom. The van der Waals surface area contributed by atoms with Crippen molar-refractivity contribution in [3.8, 4) is 0 Å². The second kappa shape index (κ2) is 5.78. The fourth-order valence-corrected chi connectivity index (χ4v) is 4.04. The first-order valence-corrected chi connectivity index (χ1v) is 8.93. The van der Waals surface area contributed by atoms with Crippen LogP contribution in [0.15, 0.2) is 16.3 Å². The summed E-state index contributed by atoms with van der Waals surface area (Å²) in [5, 5.41) is 2.89. The van der Waals surface area contributed by atoms with Crippen LogP contribution >= 0.6 is 22.0 Å². The van der Waals surface area contributed by atoms with Gasteiger partial charge in [-0.3, -0.25) is 4.79 Å². The van der Waals surface area contributed by atoms with Crippen LogP contribution in [-0.2, 0) is 25.0 Å². The number of amides is 1. The lowest BCUT2D eigenvalue weighted by Gasteiger charge is -2.15. The van der Waals surface area contributed by atoms with Crippen LogP contribution in [0.1, 0.15) is 18.2 Å². The minimum atomic E-state index is -3.71. The van der Waals surface area contributed by atoms with E-state index in [1.165, 1.54) is 6.07 Å². The van der Waals surface area contributed by atoms with Crippen LogP contribution in [0.3, 0.4) is 0 Å². The van der Waals surface area contributed by atoms with Gasteiger partial charge in [-0.05, 0) is 25.5 Å². The zero-order chi connectivity index (χ0) is 14.0. The third kappa shape index (κ3) is 3.92.